The van der Waals surface area contributed by atoms with Crippen molar-refractivity contribution in [3.8, 4) is 0 Å². The van der Waals surface area contributed by atoms with Crippen molar-refractivity contribution >= 4 is 5.91 Å². The molecule has 0 bridgehead atoms. The molecule has 2 aliphatic rings. The van der Waals surface area contributed by atoms with Gasteiger partial charge in [-0.05, 0) is 6.92 Å². The number of carbonyl (C=O) groups is 1. The van der Waals surface area contributed by atoms with Crippen LogP contribution in [0, 0.1) is 0 Å². The van der Waals surface area contributed by atoms with Crippen LogP contribution < -0.4 is 5.32 Å². The van der Waals surface area contributed by atoms with E-state index in [2.05, 4.69) is 5.32 Å². The number of aliphatic hydroxyl groups excluding tert-OH is 6. The van der Waals surface area contributed by atoms with Crippen LogP contribution in [0.3, 0.4) is 0 Å². The first-order valence-corrected chi connectivity index (χ1v) is 7.92. The molecule has 11 nitrogen and oxygen atoms in total. The molecule has 2 heterocycles. The van der Waals surface area contributed by atoms with Crippen LogP contribution in [0.15, 0.2) is 0 Å². The Labute approximate surface area is 143 Å². The summed E-state index contributed by atoms with van der Waals surface area (Å²) in [4.78, 5) is 11.2. The lowest BCUT2D eigenvalue weighted by atomic mass is 9.95. The van der Waals surface area contributed by atoms with Crippen LogP contribution in [-0.4, -0.2) is 105 Å². The fraction of sp³-hybridized carbons (Fsp3) is 0.929. The minimum atomic E-state index is -1.62. The molecular weight excluding hydrogens is 342 g/mol. The largest absolute Gasteiger partial charge is 0.394 e. The molecule has 10 atom stereocenters. The molecule has 1 amide bonds. The number of carbonyl (C=O) groups excluding carboxylic acids is 1. The Morgan fingerprint density at radius 3 is 2.24 bits per heavy atom. The highest BCUT2D eigenvalue weighted by molar-refractivity contribution is 5.73. The Bertz CT molecular complexity index is 465. The number of ether oxygens (including phenoxy) is 3. The van der Waals surface area contributed by atoms with Gasteiger partial charge in [0.05, 0.1) is 12.7 Å². The number of hydrogen-bond acceptors (Lipinski definition) is 10. The van der Waals surface area contributed by atoms with E-state index in [1.54, 1.807) is 0 Å². The molecule has 0 radical (unpaired) electrons. The van der Waals surface area contributed by atoms with Crippen molar-refractivity contribution in [2.75, 3.05) is 6.61 Å². The van der Waals surface area contributed by atoms with Crippen LogP contribution in [0.4, 0.5) is 0 Å². The molecule has 146 valence electrons. The molecule has 7 N–H and O–H groups in total. The van der Waals surface area contributed by atoms with Gasteiger partial charge in [0.2, 0.25) is 5.91 Å². The predicted octanol–water partition coefficient (Wildman–Crippen LogP) is -4.23. The Balaban J connectivity index is 2.15. The van der Waals surface area contributed by atoms with E-state index in [0.717, 1.165) is 0 Å². The van der Waals surface area contributed by atoms with Crippen LogP contribution in [0.25, 0.3) is 0 Å². The summed E-state index contributed by atoms with van der Waals surface area (Å²) in [5.41, 5.74) is 0. The van der Waals surface area contributed by atoms with Gasteiger partial charge in [-0.2, -0.15) is 0 Å². The molecule has 2 fully saturated rings. The van der Waals surface area contributed by atoms with Crippen LogP contribution >= 0.6 is 0 Å². The first-order valence-electron chi connectivity index (χ1n) is 7.92. The number of aliphatic hydroxyl groups is 6. The first-order chi connectivity index (χ1) is 11.7. The van der Waals surface area contributed by atoms with Crippen molar-refractivity contribution in [3.05, 3.63) is 0 Å². The predicted molar refractivity (Wildman–Crippen MR) is 78.8 cm³/mol. The van der Waals surface area contributed by atoms with Crippen molar-refractivity contribution in [2.24, 2.45) is 0 Å². The summed E-state index contributed by atoms with van der Waals surface area (Å²) in [5, 5.41) is 61.5. The zero-order valence-electron chi connectivity index (χ0n) is 13.8. The summed E-state index contributed by atoms with van der Waals surface area (Å²) < 4.78 is 15.9. The zero-order valence-corrected chi connectivity index (χ0v) is 13.8. The normalized spacial score (nSPS) is 48.2. The lowest BCUT2D eigenvalue weighted by molar-refractivity contribution is -0.341. The zero-order chi connectivity index (χ0) is 18.9. The third kappa shape index (κ3) is 4.27. The monoisotopic (exact) mass is 367 g/mol. The van der Waals surface area contributed by atoms with Crippen LogP contribution in [0.1, 0.15) is 13.8 Å². The molecule has 0 aromatic rings. The van der Waals surface area contributed by atoms with Crippen LogP contribution in [-0.2, 0) is 19.0 Å². The SMILES string of the molecule is CC(=O)N[C@H]1C(O)O[C@H](CO)[C@@H](O[C@@H]2O[C@@H](C)[C@@H](O)[C@@H](O)[C@@H]2O)[C@@H]1O. The van der Waals surface area contributed by atoms with E-state index < -0.39 is 73.9 Å². The van der Waals surface area contributed by atoms with E-state index in [4.69, 9.17) is 14.2 Å². The fourth-order valence-corrected chi connectivity index (χ4v) is 2.92. The minimum Gasteiger partial charge on any atom is -0.394 e. The minimum absolute atomic E-state index is 0.533. The molecule has 0 aromatic heterocycles. The topological polar surface area (TPSA) is 178 Å². The molecule has 2 saturated heterocycles. The molecule has 2 rings (SSSR count). The van der Waals surface area contributed by atoms with E-state index in [1.165, 1.54) is 13.8 Å². The van der Waals surface area contributed by atoms with Gasteiger partial charge in [-0.25, -0.2) is 0 Å². The second-order valence-corrected chi connectivity index (χ2v) is 6.25. The van der Waals surface area contributed by atoms with Crippen molar-refractivity contribution in [1.29, 1.82) is 0 Å². The lowest BCUT2D eigenvalue weighted by Crippen LogP contribution is -2.66. The second kappa shape index (κ2) is 8.20. The van der Waals surface area contributed by atoms with Gasteiger partial charge in [-0.3, -0.25) is 4.79 Å². The van der Waals surface area contributed by atoms with Gasteiger partial charge in [0, 0.05) is 6.92 Å². The summed E-state index contributed by atoms with van der Waals surface area (Å²) in [5.74, 6) is -0.533. The van der Waals surface area contributed by atoms with Gasteiger partial charge in [0.1, 0.15) is 42.7 Å². The maximum absolute atomic E-state index is 11.2. The summed E-state index contributed by atoms with van der Waals surface area (Å²) in [6, 6.07) is -1.24. The third-order valence-corrected chi connectivity index (χ3v) is 4.34. The molecule has 0 aromatic carbocycles. The Morgan fingerprint density at radius 2 is 1.68 bits per heavy atom. The van der Waals surface area contributed by atoms with Gasteiger partial charge < -0.3 is 50.2 Å². The first kappa shape index (κ1) is 20.4. The highest BCUT2D eigenvalue weighted by Crippen LogP contribution is 2.28. The van der Waals surface area contributed by atoms with E-state index in [0.29, 0.717) is 0 Å². The standard InChI is InChI=1S/C14H25NO10/c1-4-8(18)10(20)11(21)14(23-4)25-12-6(3-16)24-13(22)7(9(12)19)15-5(2)17/h4,6-14,16,18-22H,3H2,1-2H3,(H,15,17)/t4-,6+,7+,8+,9+,10+,11-,12+,13?,14-/m0/s1. The van der Waals surface area contributed by atoms with E-state index in [-0.39, 0.29) is 0 Å². The highest BCUT2D eigenvalue weighted by Gasteiger charge is 2.50. The van der Waals surface area contributed by atoms with Gasteiger partial charge in [-0.15, -0.1) is 0 Å². The van der Waals surface area contributed by atoms with Gasteiger partial charge in [-0.1, -0.05) is 0 Å². The fourth-order valence-electron chi connectivity index (χ4n) is 2.92. The molecular formula is C14H25NO10. The van der Waals surface area contributed by atoms with Crippen molar-refractivity contribution in [1.82, 2.24) is 5.32 Å². The molecule has 0 aliphatic carbocycles. The van der Waals surface area contributed by atoms with E-state index in [9.17, 15) is 35.4 Å². The highest BCUT2D eigenvalue weighted by atomic mass is 16.7. The Kier molecular flexibility index (Phi) is 6.70. The molecule has 11 heteroatoms. The lowest BCUT2D eigenvalue weighted by Gasteiger charge is -2.46. The van der Waals surface area contributed by atoms with E-state index >= 15 is 0 Å². The third-order valence-electron chi connectivity index (χ3n) is 4.34. The Hall–Kier alpha value is -0.890. The average Bonchev–Trinajstić information content (AvgIpc) is 2.56. The number of rotatable bonds is 4. The summed E-state index contributed by atoms with van der Waals surface area (Å²) >= 11 is 0. The molecule has 25 heavy (non-hydrogen) atoms. The number of amides is 1. The van der Waals surface area contributed by atoms with Crippen LogP contribution in [0.5, 0.6) is 0 Å². The maximum Gasteiger partial charge on any atom is 0.217 e. The Morgan fingerprint density at radius 1 is 1.04 bits per heavy atom. The average molecular weight is 367 g/mol. The maximum atomic E-state index is 11.2. The molecule has 0 saturated carbocycles. The van der Waals surface area contributed by atoms with Gasteiger partial charge in [0.25, 0.3) is 0 Å². The quantitative estimate of drug-likeness (QED) is 0.257. The number of hydrogen-bond donors (Lipinski definition) is 7. The van der Waals surface area contributed by atoms with Gasteiger partial charge >= 0.3 is 0 Å². The summed E-state index contributed by atoms with van der Waals surface area (Å²) in [6.45, 7) is 2.01. The van der Waals surface area contributed by atoms with Crippen molar-refractivity contribution in [2.45, 2.75) is 75.2 Å². The second-order valence-electron chi connectivity index (χ2n) is 6.25. The van der Waals surface area contributed by atoms with Crippen LogP contribution in [0.2, 0.25) is 0 Å². The summed E-state index contributed by atoms with van der Waals surface area (Å²) in [7, 11) is 0. The summed E-state index contributed by atoms with van der Waals surface area (Å²) in [6.07, 6.45) is -12.3. The molecule has 1 unspecified atom stereocenters. The molecule has 0 spiro atoms. The van der Waals surface area contributed by atoms with E-state index in [1.807, 2.05) is 0 Å². The van der Waals surface area contributed by atoms with Crippen molar-refractivity contribution < 1.29 is 49.6 Å². The van der Waals surface area contributed by atoms with Crippen molar-refractivity contribution in [3.63, 3.8) is 0 Å². The smallest absolute Gasteiger partial charge is 0.217 e. The number of nitrogens with one attached hydrogen (secondary N) is 1. The van der Waals surface area contributed by atoms with Gasteiger partial charge in [0.15, 0.2) is 12.6 Å². The molecule has 2 aliphatic heterocycles.